The molecule has 2 atom stereocenters. The Kier molecular flexibility index (Phi) is 13.2. The largest absolute Gasteiger partial charge is 0.477 e. The molecule has 0 bridgehead atoms. The van der Waals surface area contributed by atoms with Gasteiger partial charge in [0.05, 0.1) is 39.1 Å². The minimum atomic E-state index is -3.60. The molecular formula is C20H36N7O7P. The Balaban J connectivity index is 2.90. The average Bonchev–Trinajstić information content (AvgIpc) is 3.20. The summed E-state index contributed by atoms with van der Waals surface area (Å²) in [6, 6.07) is -1.84. The maximum absolute atomic E-state index is 13.5. The summed E-state index contributed by atoms with van der Waals surface area (Å²) in [4.78, 5) is 32.3. The van der Waals surface area contributed by atoms with Crippen LogP contribution >= 0.6 is 7.44 Å². The predicted molar refractivity (Wildman–Crippen MR) is 130 cm³/mol. The fourth-order valence-corrected chi connectivity index (χ4v) is 4.92. The lowest BCUT2D eigenvalue weighted by molar-refractivity contribution is -0.145. The van der Waals surface area contributed by atoms with Crippen LogP contribution in [0.5, 0.6) is 0 Å². The maximum Gasteiger partial charge on any atom is 0.323 e. The van der Waals surface area contributed by atoms with E-state index in [2.05, 4.69) is 20.2 Å². The lowest BCUT2D eigenvalue weighted by atomic mass is 10.4. The number of nitrogens with one attached hydrogen (secondary N) is 3. The van der Waals surface area contributed by atoms with Crippen LogP contribution in [0.25, 0.3) is 0 Å². The normalized spacial score (nSPS) is 13.4. The number of esters is 2. The molecule has 1 rings (SSSR count). The molecule has 0 aliphatic heterocycles. The van der Waals surface area contributed by atoms with Gasteiger partial charge < -0.3 is 29.2 Å². The first kappa shape index (κ1) is 30.2. The van der Waals surface area contributed by atoms with Crippen molar-refractivity contribution in [1.82, 2.24) is 19.7 Å². The molecule has 198 valence electrons. The van der Waals surface area contributed by atoms with Crippen molar-refractivity contribution in [3.05, 3.63) is 12.0 Å². The number of ether oxygens (including phenoxy) is 4. The molecule has 1 aromatic heterocycles. The Bertz CT molecular complexity index is 892. The number of rotatable bonds is 16. The summed E-state index contributed by atoms with van der Waals surface area (Å²) in [7, 11) is -3.60. The Labute approximate surface area is 204 Å². The Morgan fingerprint density at radius 2 is 1.69 bits per heavy atom. The number of carbonyl (C=O) groups is 2. The minimum absolute atomic E-state index is 0.0692. The Morgan fingerprint density at radius 1 is 1.14 bits per heavy atom. The third-order valence-electron chi connectivity index (χ3n) is 4.34. The smallest absolute Gasteiger partial charge is 0.323 e. The molecule has 35 heavy (non-hydrogen) atoms. The van der Waals surface area contributed by atoms with Crippen LogP contribution in [0.4, 0.5) is 5.82 Å². The summed E-state index contributed by atoms with van der Waals surface area (Å²) >= 11 is 0. The number of nitrogens with two attached hydrogens (primary N) is 1. The lowest BCUT2D eigenvalue weighted by Crippen LogP contribution is -2.42. The molecule has 15 heteroatoms. The first-order valence-corrected chi connectivity index (χ1v) is 13.1. The zero-order valence-corrected chi connectivity index (χ0v) is 21.7. The molecule has 0 unspecified atom stereocenters. The Hall–Kier alpha value is -2.80. The highest BCUT2D eigenvalue weighted by Crippen LogP contribution is 2.37. The number of nitrogens with zero attached hydrogens (tertiary/aromatic N) is 3. The highest BCUT2D eigenvalue weighted by molar-refractivity contribution is 7.59. The molecule has 0 saturated carbocycles. The minimum Gasteiger partial charge on any atom is -0.477 e. The van der Waals surface area contributed by atoms with Gasteiger partial charge in [0.15, 0.2) is 11.5 Å². The summed E-state index contributed by atoms with van der Waals surface area (Å²) in [5.74, 6) is -1.02. The van der Waals surface area contributed by atoms with E-state index in [0.717, 1.165) is 6.34 Å². The zero-order valence-electron chi connectivity index (χ0n) is 20.8. The van der Waals surface area contributed by atoms with Gasteiger partial charge in [-0.05, 0) is 34.6 Å². The third kappa shape index (κ3) is 9.76. The molecule has 0 spiro atoms. The van der Waals surface area contributed by atoms with Gasteiger partial charge in [0.1, 0.15) is 18.4 Å². The van der Waals surface area contributed by atoms with E-state index in [0.29, 0.717) is 12.4 Å². The maximum atomic E-state index is 13.5. The molecule has 0 radical (unpaired) electrons. The fourth-order valence-electron chi connectivity index (χ4n) is 2.85. The number of aromatic nitrogens is 2. The van der Waals surface area contributed by atoms with Gasteiger partial charge in [-0.2, -0.15) is 0 Å². The van der Waals surface area contributed by atoms with Crippen LogP contribution in [0.1, 0.15) is 40.3 Å². The van der Waals surface area contributed by atoms with Gasteiger partial charge in [-0.15, -0.1) is 0 Å². The molecule has 14 nitrogen and oxygen atoms in total. The van der Waals surface area contributed by atoms with E-state index in [4.69, 9.17) is 30.1 Å². The SMILES string of the molecule is CCOC(=N)c1ncn(CCOCP(=O)(N[C@@H](C)C(=O)OCC)N[C@@H](C)C(=O)OCC)c1/N=C/N. The summed E-state index contributed by atoms with van der Waals surface area (Å²) in [6.45, 7) is 9.00. The van der Waals surface area contributed by atoms with Crippen molar-refractivity contribution >= 4 is 37.4 Å². The van der Waals surface area contributed by atoms with Gasteiger partial charge in [0, 0.05) is 6.54 Å². The van der Waals surface area contributed by atoms with Gasteiger partial charge in [-0.25, -0.2) is 20.2 Å². The number of hydrogen-bond donors (Lipinski definition) is 4. The van der Waals surface area contributed by atoms with E-state index in [1.807, 2.05) is 0 Å². The first-order chi connectivity index (χ1) is 16.6. The fraction of sp³-hybridized carbons (Fsp3) is 0.650. The van der Waals surface area contributed by atoms with Crippen molar-refractivity contribution in [3.8, 4) is 0 Å². The number of hydrogen-bond acceptors (Lipinski definition) is 10. The molecule has 0 aromatic carbocycles. The van der Waals surface area contributed by atoms with Crippen molar-refractivity contribution in [2.45, 2.75) is 53.2 Å². The highest BCUT2D eigenvalue weighted by Gasteiger charge is 2.32. The summed E-state index contributed by atoms with van der Waals surface area (Å²) in [5, 5.41) is 13.3. The molecule has 1 aromatic rings. The van der Waals surface area contributed by atoms with E-state index in [9.17, 15) is 14.2 Å². The molecular weight excluding hydrogens is 481 g/mol. The molecule has 1 heterocycles. The molecule has 5 N–H and O–H groups in total. The standard InChI is InChI=1S/C20H36N7O7P/c1-6-32-17(22)16-18(23-11-21)27(12-24-16)9-10-31-13-35(30,25-14(4)19(28)33-7-2)26-15(5)20(29)34-8-3/h11-12,14-15,22H,6-10,13H2,1-5H3,(H2,21,23)(H2,25,26,30)/t14-,15-/m0/s1. The quantitative estimate of drug-likeness (QED) is 0.0807. The van der Waals surface area contributed by atoms with Crippen molar-refractivity contribution in [1.29, 1.82) is 5.41 Å². The van der Waals surface area contributed by atoms with Gasteiger partial charge in [-0.1, -0.05) is 0 Å². The van der Waals surface area contributed by atoms with Crippen LogP contribution < -0.4 is 15.9 Å². The molecule has 0 amide bonds. The summed E-state index contributed by atoms with van der Waals surface area (Å²) < 4.78 is 35.8. The molecule has 0 aliphatic carbocycles. The van der Waals surface area contributed by atoms with E-state index in [-0.39, 0.29) is 44.3 Å². The Morgan fingerprint density at radius 3 is 2.17 bits per heavy atom. The van der Waals surface area contributed by atoms with E-state index in [1.165, 1.54) is 20.2 Å². The second-order valence-corrected chi connectivity index (χ2v) is 9.39. The van der Waals surface area contributed by atoms with Crippen molar-refractivity contribution in [2.75, 3.05) is 32.8 Å². The zero-order chi connectivity index (χ0) is 26.4. The van der Waals surface area contributed by atoms with Crippen LogP contribution in [0.15, 0.2) is 11.3 Å². The van der Waals surface area contributed by atoms with Crippen molar-refractivity contribution in [2.24, 2.45) is 10.7 Å². The monoisotopic (exact) mass is 517 g/mol. The van der Waals surface area contributed by atoms with Crippen LogP contribution in [0, 0.1) is 5.41 Å². The van der Waals surface area contributed by atoms with Gasteiger partial charge in [-0.3, -0.25) is 19.6 Å². The van der Waals surface area contributed by atoms with Crippen molar-refractivity contribution < 1.29 is 33.1 Å². The summed E-state index contributed by atoms with van der Waals surface area (Å²) in [6.07, 6.45) is 2.19. The number of carbonyl (C=O) groups excluding carboxylic acids is 2. The van der Waals surface area contributed by atoms with E-state index >= 15 is 0 Å². The van der Waals surface area contributed by atoms with Gasteiger partial charge in [0.2, 0.25) is 13.3 Å². The van der Waals surface area contributed by atoms with Gasteiger partial charge >= 0.3 is 11.9 Å². The number of imidazole rings is 1. The average molecular weight is 518 g/mol. The van der Waals surface area contributed by atoms with Crippen LogP contribution in [-0.4, -0.2) is 78.6 Å². The number of aliphatic imine (C=N–C) groups is 1. The lowest BCUT2D eigenvalue weighted by Gasteiger charge is -2.26. The molecule has 0 saturated heterocycles. The predicted octanol–water partition coefficient (Wildman–Crippen LogP) is 1.11. The summed E-state index contributed by atoms with van der Waals surface area (Å²) in [5.41, 5.74) is 5.64. The molecule has 0 aliphatic rings. The topological polar surface area (TPSA) is 192 Å². The van der Waals surface area contributed by atoms with Crippen LogP contribution in [0.2, 0.25) is 0 Å². The van der Waals surface area contributed by atoms with E-state index in [1.54, 1.807) is 25.3 Å². The van der Waals surface area contributed by atoms with Gasteiger partial charge in [0.25, 0.3) is 0 Å². The third-order valence-corrected chi connectivity index (χ3v) is 6.50. The van der Waals surface area contributed by atoms with E-state index < -0.39 is 31.5 Å². The first-order valence-electron chi connectivity index (χ1n) is 11.2. The second kappa shape index (κ2) is 15.2. The van der Waals surface area contributed by atoms with Crippen LogP contribution in [0.3, 0.4) is 0 Å². The second-order valence-electron chi connectivity index (χ2n) is 7.13. The molecule has 0 fully saturated rings. The van der Waals surface area contributed by atoms with Crippen LogP contribution in [-0.2, 0) is 39.6 Å². The highest BCUT2D eigenvalue weighted by atomic mass is 31.2. The van der Waals surface area contributed by atoms with Crippen molar-refractivity contribution in [3.63, 3.8) is 0 Å².